The van der Waals surface area contributed by atoms with Crippen LogP contribution in [0.2, 0.25) is 0 Å². The van der Waals surface area contributed by atoms with Crippen LogP contribution in [-0.2, 0) is 47.7 Å². The lowest BCUT2D eigenvalue weighted by Gasteiger charge is -2.26. The van der Waals surface area contributed by atoms with Gasteiger partial charge in [-0.2, -0.15) is 0 Å². The average Bonchev–Trinajstić information content (AvgIpc) is 3.14. The molecule has 0 aromatic heterocycles. The summed E-state index contributed by atoms with van der Waals surface area (Å²) >= 11 is 0. The SMILES string of the molecule is CC(=O)COCCOCCNC(C)(C)C(=O)COCCOCCNC(C)(C)C(=O)CC[C@H](NC(=O)CCCCCCCCCCCCCCCCC(=O)O)C(=O)O. The first-order valence-electron chi connectivity index (χ1n) is 21.2. The van der Waals surface area contributed by atoms with Crippen molar-refractivity contribution < 1.29 is 57.9 Å². The molecule has 0 aromatic rings. The van der Waals surface area contributed by atoms with E-state index >= 15 is 0 Å². The third kappa shape index (κ3) is 32.8. The second kappa shape index (κ2) is 34.1. The number of amides is 1. The maximum Gasteiger partial charge on any atom is 0.326 e. The van der Waals surface area contributed by atoms with Crippen molar-refractivity contribution in [3.05, 3.63) is 0 Å². The van der Waals surface area contributed by atoms with E-state index in [-0.39, 0.29) is 75.4 Å². The molecule has 0 fully saturated rings. The van der Waals surface area contributed by atoms with Crippen molar-refractivity contribution in [3.8, 4) is 0 Å². The molecule has 0 bridgehead atoms. The predicted molar refractivity (Wildman–Crippen MR) is 218 cm³/mol. The van der Waals surface area contributed by atoms with E-state index in [2.05, 4.69) is 16.0 Å². The van der Waals surface area contributed by atoms with Gasteiger partial charge in [0.2, 0.25) is 5.91 Å². The van der Waals surface area contributed by atoms with Crippen LogP contribution in [-0.4, -0.2) is 128 Å². The number of ether oxygens (including phenoxy) is 4. The van der Waals surface area contributed by atoms with Crippen LogP contribution < -0.4 is 16.0 Å². The van der Waals surface area contributed by atoms with Gasteiger partial charge in [0.15, 0.2) is 17.3 Å². The Kier molecular flexibility index (Phi) is 32.4. The minimum atomic E-state index is -1.16. The van der Waals surface area contributed by atoms with Crippen LogP contribution in [0.3, 0.4) is 0 Å². The first-order chi connectivity index (χ1) is 27.1. The van der Waals surface area contributed by atoms with Crippen molar-refractivity contribution in [3.63, 3.8) is 0 Å². The third-order valence-corrected chi connectivity index (χ3v) is 9.64. The Bertz CT molecular complexity index is 1130. The molecule has 0 aliphatic carbocycles. The Hall–Kier alpha value is -2.82. The van der Waals surface area contributed by atoms with E-state index in [1.165, 1.54) is 51.9 Å². The number of carbonyl (C=O) groups excluding carboxylic acids is 4. The van der Waals surface area contributed by atoms with Crippen molar-refractivity contribution in [1.29, 1.82) is 0 Å². The molecule has 15 nitrogen and oxygen atoms in total. The molecule has 0 spiro atoms. The number of unbranched alkanes of at least 4 members (excludes halogenated alkanes) is 13. The quantitative estimate of drug-likeness (QED) is 0.0502. The molecular formula is C42H77N3O12. The zero-order valence-electron chi connectivity index (χ0n) is 35.9. The number of carboxylic acids is 2. The maximum absolute atomic E-state index is 12.9. The highest BCUT2D eigenvalue weighted by Gasteiger charge is 2.29. The number of nitrogens with one attached hydrogen (secondary N) is 3. The zero-order chi connectivity index (χ0) is 42.8. The molecule has 332 valence electrons. The summed E-state index contributed by atoms with van der Waals surface area (Å²) in [6, 6.07) is -1.13. The van der Waals surface area contributed by atoms with Gasteiger partial charge >= 0.3 is 11.9 Å². The number of carboxylic acid groups (broad SMARTS) is 2. The number of rotatable bonds is 42. The summed E-state index contributed by atoms with van der Waals surface area (Å²) in [7, 11) is 0. The summed E-state index contributed by atoms with van der Waals surface area (Å²) in [4.78, 5) is 71.1. The molecule has 0 aliphatic rings. The second-order valence-electron chi connectivity index (χ2n) is 15.8. The summed E-state index contributed by atoms with van der Waals surface area (Å²) in [6.07, 6.45) is 15.7. The lowest BCUT2D eigenvalue weighted by atomic mass is 9.94. The second-order valence-corrected chi connectivity index (χ2v) is 15.8. The zero-order valence-corrected chi connectivity index (χ0v) is 35.9. The Morgan fingerprint density at radius 2 is 0.912 bits per heavy atom. The van der Waals surface area contributed by atoms with Crippen LogP contribution in [0.1, 0.15) is 150 Å². The van der Waals surface area contributed by atoms with Gasteiger partial charge in [-0.15, -0.1) is 0 Å². The molecule has 0 aromatic carbocycles. The fourth-order valence-electron chi connectivity index (χ4n) is 5.86. The van der Waals surface area contributed by atoms with Gasteiger partial charge in [-0.25, -0.2) is 4.79 Å². The minimum absolute atomic E-state index is 0.00306. The highest BCUT2D eigenvalue weighted by Crippen LogP contribution is 2.15. The van der Waals surface area contributed by atoms with E-state index < -0.39 is 29.1 Å². The lowest BCUT2D eigenvalue weighted by molar-refractivity contribution is -0.142. The largest absolute Gasteiger partial charge is 0.481 e. The molecule has 0 saturated carbocycles. The van der Waals surface area contributed by atoms with Crippen LogP contribution in [0.15, 0.2) is 0 Å². The van der Waals surface area contributed by atoms with E-state index in [4.69, 9.17) is 24.1 Å². The Labute approximate surface area is 341 Å². The van der Waals surface area contributed by atoms with Crippen molar-refractivity contribution in [1.82, 2.24) is 16.0 Å². The van der Waals surface area contributed by atoms with Gasteiger partial charge in [0.05, 0.1) is 50.7 Å². The summed E-state index contributed by atoms with van der Waals surface area (Å²) in [6.45, 7) is 11.1. The summed E-state index contributed by atoms with van der Waals surface area (Å²) < 4.78 is 21.6. The smallest absolute Gasteiger partial charge is 0.326 e. The van der Waals surface area contributed by atoms with Gasteiger partial charge in [-0.05, 0) is 53.9 Å². The first-order valence-corrected chi connectivity index (χ1v) is 21.2. The van der Waals surface area contributed by atoms with Crippen molar-refractivity contribution in [2.75, 3.05) is 65.9 Å². The number of hydrogen-bond donors (Lipinski definition) is 5. The Morgan fingerprint density at radius 3 is 1.35 bits per heavy atom. The number of carbonyl (C=O) groups is 6. The van der Waals surface area contributed by atoms with E-state index in [0.717, 1.165) is 38.5 Å². The predicted octanol–water partition coefficient (Wildman–Crippen LogP) is 5.19. The van der Waals surface area contributed by atoms with E-state index in [0.29, 0.717) is 45.9 Å². The van der Waals surface area contributed by atoms with Crippen molar-refractivity contribution in [2.24, 2.45) is 0 Å². The van der Waals surface area contributed by atoms with Crippen LogP contribution in [0.5, 0.6) is 0 Å². The van der Waals surface area contributed by atoms with Crippen molar-refractivity contribution >= 4 is 35.2 Å². The van der Waals surface area contributed by atoms with Gasteiger partial charge in [0, 0.05) is 32.4 Å². The van der Waals surface area contributed by atoms with E-state index in [1.54, 1.807) is 27.7 Å². The summed E-state index contributed by atoms with van der Waals surface area (Å²) in [5.74, 6) is -2.51. The molecule has 57 heavy (non-hydrogen) atoms. The standard InChI is InChI=1S/C42H77N3O12/c1-34(46)32-56-30-28-54-27-25-44-42(4,5)37(48)33-57-31-29-55-26-24-43-41(2,3)36(47)23-22-35(40(52)53)45-38(49)20-18-16-14-12-10-8-6-7-9-11-13-15-17-19-21-39(50)51/h35,43-44H,6-33H2,1-5H3,(H,45,49)(H,50,51)(H,52,53)/t35-/m0/s1. The summed E-state index contributed by atoms with van der Waals surface area (Å²) in [5, 5.41) is 27.2. The van der Waals surface area contributed by atoms with Gasteiger partial charge in [-0.1, -0.05) is 77.0 Å². The highest BCUT2D eigenvalue weighted by atomic mass is 16.5. The molecular weight excluding hydrogens is 738 g/mol. The fourth-order valence-corrected chi connectivity index (χ4v) is 5.86. The lowest BCUT2D eigenvalue weighted by Crippen LogP contribution is -2.49. The number of ketones is 3. The number of hydrogen-bond acceptors (Lipinski definition) is 12. The first kappa shape index (κ1) is 54.2. The highest BCUT2D eigenvalue weighted by molar-refractivity contribution is 5.89. The van der Waals surface area contributed by atoms with Gasteiger partial charge in [-0.3, -0.25) is 24.0 Å². The van der Waals surface area contributed by atoms with Gasteiger partial charge < -0.3 is 45.1 Å². The molecule has 0 rings (SSSR count). The van der Waals surface area contributed by atoms with Crippen molar-refractivity contribution in [2.45, 2.75) is 167 Å². The fraction of sp³-hybridized carbons (Fsp3) is 0.857. The molecule has 0 heterocycles. The van der Waals surface area contributed by atoms with E-state index in [9.17, 15) is 33.9 Å². The van der Waals surface area contributed by atoms with Crippen LogP contribution >= 0.6 is 0 Å². The molecule has 5 N–H and O–H groups in total. The third-order valence-electron chi connectivity index (χ3n) is 9.64. The molecule has 1 atom stereocenters. The van der Waals surface area contributed by atoms with E-state index in [1.807, 2.05) is 0 Å². The normalized spacial score (nSPS) is 12.4. The summed E-state index contributed by atoms with van der Waals surface area (Å²) in [5.41, 5.74) is -1.72. The van der Waals surface area contributed by atoms with Crippen LogP contribution in [0, 0.1) is 0 Å². The molecule has 0 saturated heterocycles. The Balaban J connectivity index is 3.99. The molecule has 0 unspecified atom stereocenters. The molecule has 0 radical (unpaired) electrons. The topological polar surface area (TPSA) is 216 Å². The molecule has 0 aliphatic heterocycles. The monoisotopic (exact) mass is 816 g/mol. The minimum Gasteiger partial charge on any atom is -0.481 e. The van der Waals surface area contributed by atoms with Gasteiger partial charge in [0.25, 0.3) is 0 Å². The van der Waals surface area contributed by atoms with Gasteiger partial charge in [0.1, 0.15) is 19.3 Å². The molecule has 1 amide bonds. The van der Waals surface area contributed by atoms with Crippen LogP contribution in [0.4, 0.5) is 0 Å². The number of aliphatic carboxylic acids is 2. The Morgan fingerprint density at radius 1 is 0.509 bits per heavy atom. The number of Topliss-reactive ketones (excluding diaryl/α,β-unsaturated/α-hetero) is 3. The molecule has 15 heteroatoms. The average molecular weight is 816 g/mol. The maximum atomic E-state index is 12.9. The van der Waals surface area contributed by atoms with Crippen LogP contribution in [0.25, 0.3) is 0 Å².